The summed E-state index contributed by atoms with van der Waals surface area (Å²) in [6.45, 7) is 2.32. The molecule has 0 aromatic carbocycles. The molecule has 19 heavy (non-hydrogen) atoms. The normalized spacial score (nSPS) is 30.1. The molecule has 0 aromatic heterocycles. The van der Waals surface area contributed by atoms with Crippen LogP contribution in [0.2, 0.25) is 0 Å². The highest BCUT2D eigenvalue weighted by Gasteiger charge is 2.46. The fraction of sp³-hybridized carbons (Fsp3) is 0.571. The lowest BCUT2D eigenvalue weighted by Gasteiger charge is -2.34. The molecule has 0 N–H and O–H groups in total. The Kier molecular flexibility index (Phi) is 4.17. The van der Waals surface area contributed by atoms with Gasteiger partial charge < -0.3 is 9.47 Å². The van der Waals surface area contributed by atoms with E-state index in [2.05, 4.69) is 0 Å². The average Bonchev–Trinajstić information content (AvgIpc) is 2.80. The highest BCUT2D eigenvalue weighted by atomic mass is 16.5. The monoisotopic (exact) mass is 265 g/mol. The van der Waals surface area contributed by atoms with Crippen molar-refractivity contribution < 1.29 is 19.1 Å². The van der Waals surface area contributed by atoms with Crippen LogP contribution in [0.5, 0.6) is 0 Å². The first-order chi connectivity index (χ1) is 9.14. The maximum absolute atomic E-state index is 12.7. The molecule has 1 aliphatic heterocycles. The van der Waals surface area contributed by atoms with Gasteiger partial charge in [0, 0.05) is 33.0 Å². The predicted octanol–water partition coefficient (Wildman–Crippen LogP) is 1.40. The zero-order valence-corrected chi connectivity index (χ0v) is 11.3. The summed E-state index contributed by atoms with van der Waals surface area (Å²) in [6.07, 6.45) is 8.05. The standard InChI is InChI=1S/C14H19NO4/c1-3-19-12-8-7-11(16)15(12)13(17)14(18-2)9-5-4-6-10-14/h4-6,9,12H,3,7-8,10H2,1-2H3. The van der Waals surface area contributed by atoms with Gasteiger partial charge in [-0.15, -0.1) is 0 Å². The molecule has 5 nitrogen and oxygen atoms in total. The topological polar surface area (TPSA) is 55.8 Å². The molecule has 104 valence electrons. The van der Waals surface area contributed by atoms with Gasteiger partial charge in [-0.05, 0) is 13.0 Å². The van der Waals surface area contributed by atoms with Crippen molar-refractivity contribution in [1.29, 1.82) is 0 Å². The molecule has 0 spiro atoms. The fourth-order valence-electron chi connectivity index (χ4n) is 2.45. The zero-order valence-electron chi connectivity index (χ0n) is 11.3. The van der Waals surface area contributed by atoms with Gasteiger partial charge in [0.2, 0.25) is 5.91 Å². The highest BCUT2D eigenvalue weighted by Crippen LogP contribution is 2.29. The molecule has 1 heterocycles. The molecule has 0 radical (unpaired) electrons. The number of ether oxygens (including phenoxy) is 2. The highest BCUT2D eigenvalue weighted by molar-refractivity contribution is 6.02. The fourth-order valence-corrected chi connectivity index (χ4v) is 2.45. The van der Waals surface area contributed by atoms with E-state index in [0.29, 0.717) is 25.9 Å². The Morgan fingerprint density at radius 1 is 1.53 bits per heavy atom. The Balaban J connectivity index is 2.23. The molecule has 1 saturated heterocycles. The van der Waals surface area contributed by atoms with Gasteiger partial charge in [0.05, 0.1) is 0 Å². The Morgan fingerprint density at radius 2 is 2.32 bits per heavy atom. The zero-order chi connectivity index (χ0) is 13.9. The molecule has 1 fully saturated rings. The maximum atomic E-state index is 12.7. The van der Waals surface area contributed by atoms with E-state index < -0.39 is 11.8 Å². The number of methoxy groups -OCH3 is 1. The third-order valence-corrected chi connectivity index (χ3v) is 3.50. The summed E-state index contributed by atoms with van der Waals surface area (Å²) in [5.74, 6) is -0.528. The smallest absolute Gasteiger partial charge is 0.267 e. The Morgan fingerprint density at radius 3 is 2.89 bits per heavy atom. The van der Waals surface area contributed by atoms with Gasteiger partial charge in [-0.2, -0.15) is 0 Å². The number of carbonyl (C=O) groups is 2. The van der Waals surface area contributed by atoms with Gasteiger partial charge in [0.15, 0.2) is 5.60 Å². The number of nitrogens with zero attached hydrogens (tertiary/aromatic N) is 1. The summed E-state index contributed by atoms with van der Waals surface area (Å²) in [6, 6.07) is 0. The molecule has 2 unspecified atom stereocenters. The molecule has 5 heteroatoms. The third kappa shape index (κ3) is 2.48. The van der Waals surface area contributed by atoms with E-state index in [0.717, 1.165) is 0 Å². The van der Waals surface area contributed by atoms with Gasteiger partial charge in [0.1, 0.15) is 6.23 Å². The SMILES string of the molecule is CCOC1CCC(=O)N1C(=O)C1(OC)C=CC=CC1. The van der Waals surface area contributed by atoms with Crippen molar-refractivity contribution >= 4 is 11.8 Å². The number of likely N-dealkylation sites (tertiary alicyclic amines) is 1. The third-order valence-electron chi connectivity index (χ3n) is 3.50. The molecule has 2 aliphatic rings. The second-order valence-corrected chi connectivity index (χ2v) is 4.60. The summed E-state index contributed by atoms with van der Waals surface area (Å²) >= 11 is 0. The molecule has 0 aromatic rings. The molecular weight excluding hydrogens is 246 g/mol. The van der Waals surface area contributed by atoms with E-state index in [1.165, 1.54) is 12.0 Å². The van der Waals surface area contributed by atoms with Crippen LogP contribution in [0.4, 0.5) is 0 Å². The van der Waals surface area contributed by atoms with Crippen LogP contribution in [-0.2, 0) is 19.1 Å². The van der Waals surface area contributed by atoms with Crippen LogP contribution in [0.1, 0.15) is 26.2 Å². The summed E-state index contributed by atoms with van der Waals surface area (Å²) in [7, 11) is 1.48. The summed E-state index contributed by atoms with van der Waals surface area (Å²) in [4.78, 5) is 25.8. The first-order valence-electron chi connectivity index (χ1n) is 6.52. The second kappa shape index (κ2) is 5.67. The number of imide groups is 1. The molecule has 2 atom stereocenters. The van der Waals surface area contributed by atoms with Crippen molar-refractivity contribution in [2.24, 2.45) is 0 Å². The van der Waals surface area contributed by atoms with Crippen LogP contribution in [0.15, 0.2) is 24.3 Å². The predicted molar refractivity (Wildman–Crippen MR) is 69.1 cm³/mol. The lowest BCUT2D eigenvalue weighted by Crippen LogP contribution is -2.53. The van der Waals surface area contributed by atoms with Gasteiger partial charge in [0.25, 0.3) is 5.91 Å². The van der Waals surface area contributed by atoms with E-state index in [4.69, 9.17) is 9.47 Å². The van der Waals surface area contributed by atoms with Crippen LogP contribution >= 0.6 is 0 Å². The van der Waals surface area contributed by atoms with Crippen molar-refractivity contribution in [3.05, 3.63) is 24.3 Å². The average molecular weight is 265 g/mol. The molecule has 0 saturated carbocycles. The number of rotatable bonds is 4. The molecule has 2 rings (SSSR count). The first kappa shape index (κ1) is 14.0. The van der Waals surface area contributed by atoms with E-state index in [9.17, 15) is 9.59 Å². The minimum atomic E-state index is -1.08. The molecule has 0 bridgehead atoms. The van der Waals surface area contributed by atoms with Gasteiger partial charge in [-0.3, -0.25) is 14.5 Å². The van der Waals surface area contributed by atoms with Crippen LogP contribution < -0.4 is 0 Å². The van der Waals surface area contributed by atoms with E-state index in [1.807, 2.05) is 19.1 Å². The summed E-state index contributed by atoms with van der Waals surface area (Å²) in [5.41, 5.74) is -1.08. The Hall–Kier alpha value is -1.46. The van der Waals surface area contributed by atoms with Crippen molar-refractivity contribution in [1.82, 2.24) is 4.90 Å². The Bertz CT molecular complexity index is 429. The van der Waals surface area contributed by atoms with Crippen LogP contribution in [0.3, 0.4) is 0 Å². The molecule has 2 amide bonds. The Labute approximate surface area is 112 Å². The van der Waals surface area contributed by atoms with Crippen molar-refractivity contribution in [3.8, 4) is 0 Å². The van der Waals surface area contributed by atoms with Crippen LogP contribution in [0.25, 0.3) is 0 Å². The quantitative estimate of drug-likeness (QED) is 0.721. The van der Waals surface area contributed by atoms with Crippen LogP contribution in [0, 0.1) is 0 Å². The minimum absolute atomic E-state index is 0.192. The number of hydrogen-bond donors (Lipinski definition) is 0. The van der Waals surface area contributed by atoms with E-state index in [1.54, 1.807) is 12.2 Å². The summed E-state index contributed by atoms with van der Waals surface area (Å²) < 4.78 is 10.9. The van der Waals surface area contributed by atoms with Gasteiger partial charge in [-0.25, -0.2) is 0 Å². The lowest BCUT2D eigenvalue weighted by molar-refractivity contribution is -0.166. The van der Waals surface area contributed by atoms with Crippen LogP contribution in [-0.4, -0.2) is 42.3 Å². The lowest BCUT2D eigenvalue weighted by atomic mass is 9.93. The number of amides is 2. The molecular formula is C14H19NO4. The van der Waals surface area contributed by atoms with Crippen molar-refractivity contribution in [2.75, 3.05) is 13.7 Å². The largest absolute Gasteiger partial charge is 0.364 e. The van der Waals surface area contributed by atoms with E-state index in [-0.39, 0.29) is 11.8 Å². The van der Waals surface area contributed by atoms with E-state index >= 15 is 0 Å². The maximum Gasteiger partial charge on any atom is 0.267 e. The minimum Gasteiger partial charge on any atom is -0.364 e. The van der Waals surface area contributed by atoms with Crippen molar-refractivity contribution in [2.45, 2.75) is 38.0 Å². The molecule has 1 aliphatic carbocycles. The first-order valence-corrected chi connectivity index (χ1v) is 6.52. The second-order valence-electron chi connectivity index (χ2n) is 4.60. The van der Waals surface area contributed by atoms with Gasteiger partial charge >= 0.3 is 0 Å². The van der Waals surface area contributed by atoms with Crippen molar-refractivity contribution in [3.63, 3.8) is 0 Å². The number of hydrogen-bond acceptors (Lipinski definition) is 4. The summed E-state index contributed by atoms with van der Waals surface area (Å²) in [5, 5.41) is 0. The van der Waals surface area contributed by atoms with Gasteiger partial charge in [-0.1, -0.05) is 18.2 Å². The number of allylic oxidation sites excluding steroid dienone is 2. The number of carbonyl (C=O) groups excluding carboxylic acids is 2.